The monoisotopic (exact) mass is 485 g/mol. The number of rotatable bonds is 10. The van der Waals surface area contributed by atoms with Crippen LogP contribution in [0, 0.1) is 6.92 Å². The minimum absolute atomic E-state index is 0.00581. The maximum Gasteiger partial charge on any atom is 0.269 e. The van der Waals surface area contributed by atoms with Gasteiger partial charge in [0.05, 0.1) is 5.56 Å². The summed E-state index contributed by atoms with van der Waals surface area (Å²) in [5, 5.41) is 2.83. The van der Waals surface area contributed by atoms with Crippen LogP contribution in [-0.4, -0.2) is 54.5 Å². The van der Waals surface area contributed by atoms with Crippen LogP contribution in [0.5, 0.6) is 0 Å². The van der Waals surface area contributed by atoms with Gasteiger partial charge in [-0.3, -0.25) is 14.4 Å². The van der Waals surface area contributed by atoms with Gasteiger partial charge in [0, 0.05) is 26.1 Å². The van der Waals surface area contributed by atoms with Gasteiger partial charge in [0.25, 0.3) is 15.9 Å². The van der Waals surface area contributed by atoms with Crippen molar-refractivity contribution in [1.82, 2.24) is 14.5 Å². The third kappa shape index (κ3) is 5.30. The lowest BCUT2D eigenvalue weighted by Gasteiger charge is -2.29. The summed E-state index contributed by atoms with van der Waals surface area (Å²) in [6.07, 6.45) is 0.948. The smallest absolute Gasteiger partial charge is 0.269 e. The van der Waals surface area contributed by atoms with E-state index in [0.29, 0.717) is 6.54 Å². The lowest BCUT2D eigenvalue weighted by Crippen LogP contribution is -2.48. The number of carbonyl (C=O) groups excluding carboxylic acids is 3. The van der Waals surface area contributed by atoms with Crippen LogP contribution in [-0.2, 0) is 26.2 Å². The normalized spacial score (nSPS) is 15.0. The molecule has 8 nitrogen and oxygen atoms in total. The summed E-state index contributed by atoms with van der Waals surface area (Å²) in [7, 11) is -3.91. The average Bonchev–Trinajstić information content (AvgIpc) is 3.02. The van der Waals surface area contributed by atoms with Crippen molar-refractivity contribution in [2.24, 2.45) is 0 Å². The molecule has 182 valence electrons. The molecule has 0 spiro atoms. The molecule has 1 unspecified atom stereocenters. The molecule has 1 aliphatic heterocycles. The van der Waals surface area contributed by atoms with Gasteiger partial charge >= 0.3 is 0 Å². The fourth-order valence-electron chi connectivity index (χ4n) is 3.92. The second kappa shape index (κ2) is 10.8. The fraction of sp³-hybridized carbons (Fsp3) is 0.400. The van der Waals surface area contributed by atoms with Crippen LogP contribution in [0.1, 0.15) is 54.6 Å². The van der Waals surface area contributed by atoms with Crippen molar-refractivity contribution in [3.63, 3.8) is 0 Å². The number of nitrogens with one attached hydrogen (secondary N) is 1. The fourth-order valence-corrected chi connectivity index (χ4v) is 5.53. The largest absolute Gasteiger partial charge is 0.354 e. The van der Waals surface area contributed by atoms with Crippen LogP contribution in [0.2, 0.25) is 0 Å². The SMILES string of the molecule is CCCNC(=O)C(C)N(Cc1ccccc1C)C(=O)CCCN1C(=O)c2ccccc2S1(=O)=O. The Labute approximate surface area is 201 Å². The van der Waals surface area contributed by atoms with Gasteiger partial charge in [-0.1, -0.05) is 43.3 Å². The van der Waals surface area contributed by atoms with Crippen molar-refractivity contribution in [2.45, 2.75) is 57.5 Å². The number of carbonyl (C=O) groups is 3. The predicted octanol–water partition coefficient (Wildman–Crippen LogP) is 2.86. The van der Waals surface area contributed by atoms with Crippen LogP contribution >= 0.6 is 0 Å². The van der Waals surface area contributed by atoms with E-state index in [4.69, 9.17) is 0 Å². The van der Waals surface area contributed by atoms with Crippen LogP contribution in [0.3, 0.4) is 0 Å². The van der Waals surface area contributed by atoms with Crippen LogP contribution < -0.4 is 5.32 Å². The van der Waals surface area contributed by atoms with Crippen molar-refractivity contribution in [3.05, 3.63) is 65.2 Å². The third-order valence-corrected chi connectivity index (χ3v) is 7.82. The molecule has 1 N–H and O–H groups in total. The number of benzene rings is 2. The number of amides is 3. The van der Waals surface area contributed by atoms with Crippen molar-refractivity contribution in [1.29, 1.82) is 0 Å². The van der Waals surface area contributed by atoms with Crippen molar-refractivity contribution in [2.75, 3.05) is 13.1 Å². The molecule has 0 bridgehead atoms. The lowest BCUT2D eigenvalue weighted by molar-refractivity contribution is -0.140. The third-order valence-electron chi connectivity index (χ3n) is 5.98. The van der Waals surface area contributed by atoms with Gasteiger partial charge in [-0.25, -0.2) is 12.7 Å². The number of aryl methyl sites for hydroxylation is 1. The molecule has 0 radical (unpaired) electrons. The molecule has 34 heavy (non-hydrogen) atoms. The quantitative estimate of drug-likeness (QED) is 0.557. The molecule has 3 rings (SSSR count). The van der Waals surface area contributed by atoms with Crippen molar-refractivity contribution < 1.29 is 22.8 Å². The summed E-state index contributed by atoms with van der Waals surface area (Å²) < 4.78 is 26.3. The average molecular weight is 486 g/mol. The Morgan fingerprint density at radius 1 is 1.09 bits per heavy atom. The van der Waals surface area contributed by atoms with Gasteiger partial charge in [0.2, 0.25) is 11.8 Å². The van der Waals surface area contributed by atoms with E-state index in [-0.39, 0.29) is 48.2 Å². The van der Waals surface area contributed by atoms with E-state index in [1.807, 2.05) is 38.1 Å². The number of nitrogens with zero attached hydrogens (tertiary/aromatic N) is 2. The van der Waals surface area contributed by atoms with Gasteiger partial charge < -0.3 is 10.2 Å². The van der Waals surface area contributed by atoms with Gasteiger partial charge in [-0.2, -0.15) is 0 Å². The number of hydrogen-bond acceptors (Lipinski definition) is 5. The van der Waals surface area contributed by atoms with Crippen molar-refractivity contribution >= 4 is 27.7 Å². The summed E-state index contributed by atoms with van der Waals surface area (Å²) >= 11 is 0. The highest BCUT2D eigenvalue weighted by atomic mass is 32.2. The molecule has 0 saturated carbocycles. The first-order valence-electron chi connectivity index (χ1n) is 11.5. The highest BCUT2D eigenvalue weighted by Crippen LogP contribution is 2.30. The molecule has 1 heterocycles. The first kappa shape index (κ1) is 25.4. The Hall–Kier alpha value is -3.20. The van der Waals surface area contributed by atoms with Gasteiger partial charge in [-0.05, 0) is 49.9 Å². The Balaban J connectivity index is 1.71. The second-order valence-electron chi connectivity index (χ2n) is 8.40. The molecule has 0 aromatic heterocycles. The highest BCUT2D eigenvalue weighted by molar-refractivity contribution is 7.90. The molecular formula is C25H31N3O5S. The molecule has 0 aliphatic carbocycles. The molecule has 1 atom stereocenters. The van der Waals surface area contributed by atoms with Gasteiger partial charge in [-0.15, -0.1) is 0 Å². The van der Waals surface area contributed by atoms with E-state index in [1.54, 1.807) is 19.1 Å². The molecular weight excluding hydrogens is 454 g/mol. The molecule has 0 fully saturated rings. The summed E-state index contributed by atoms with van der Waals surface area (Å²) in [6.45, 7) is 6.26. The zero-order valence-corrected chi connectivity index (χ0v) is 20.6. The number of hydrogen-bond donors (Lipinski definition) is 1. The molecule has 1 aliphatic rings. The summed E-state index contributed by atoms with van der Waals surface area (Å²) in [5.41, 5.74) is 2.09. The first-order chi connectivity index (χ1) is 16.2. The van der Waals surface area contributed by atoms with E-state index in [9.17, 15) is 22.8 Å². The van der Waals surface area contributed by atoms with Crippen molar-refractivity contribution in [3.8, 4) is 0 Å². The molecule has 2 aromatic carbocycles. The maximum atomic E-state index is 13.2. The van der Waals surface area contributed by atoms with E-state index >= 15 is 0 Å². The minimum atomic E-state index is -3.91. The predicted molar refractivity (Wildman–Crippen MR) is 128 cm³/mol. The standard InChI is InChI=1S/C25H31N3O5S/c1-4-15-26-24(30)19(3)27(17-20-11-6-5-10-18(20)2)23(29)14-9-16-28-25(31)21-12-7-8-13-22(21)34(28,32)33/h5-8,10-13,19H,4,9,14-17H2,1-3H3,(H,26,30). The highest BCUT2D eigenvalue weighted by Gasteiger charge is 2.40. The first-order valence-corrected chi connectivity index (χ1v) is 12.9. The minimum Gasteiger partial charge on any atom is -0.354 e. The molecule has 3 amide bonds. The summed E-state index contributed by atoms with van der Waals surface area (Å²) in [4.78, 5) is 39.9. The van der Waals surface area contributed by atoms with E-state index in [2.05, 4.69) is 5.32 Å². The zero-order chi connectivity index (χ0) is 24.9. The van der Waals surface area contributed by atoms with E-state index in [1.165, 1.54) is 17.0 Å². The lowest BCUT2D eigenvalue weighted by atomic mass is 10.1. The van der Waals surface area contributed by atoms with Gasteiger partial charge in [0.1, 0.15) is 10.9 Å². The molecule has 0 saturated heterocycles. The second-order valence-corrected chi connectivity index (χ2v) is 10.2. The Morgan fingerprint density at radius 3 is 2.44 bits per heavy atom. The van der Waals surface area contributed by atoms with E-state index < -0.39 is 22.0 Å². The summed E-state index contributed by atoms with van der Waals surface area (Å²) in [6, 6.07) is 13.1. The van der Waals surface area contributed by atoms with E-state index in [0.717, 1.165) is 21.9 Å². The molecule has 9 heteroatoms. The summed E-state index contributed by atoms with van der Waals surface area (Å²) in [5.74, 6) is -1.09. The Bertz CT molecular complexity index is 1180. The van der Waals surface area contributed by atoms with Crippen LogP contribution in [0.4, 0.5) is 0 Å². The topological polar surface area (TPSA) is 104 Å². The molecule has 2 aromatic rings. The van der Waals surface area contributed by atoms with Gasteiger partial charge in [0.15, 0.2) is 0 Å². The van der Waals surface area contributed by atoms with Crippen LogP contribution in [0.15, 0.2) is 53.4 Å². The zero-order valence-electron chi connectivity index (χ0n) is 19.8. The Morgan fingerprint density at radius 2 is 1.76 bits per heavy atom. The van der Waals surface area contributed by atoms with Crippen LogP contribution in [0.25, 0.3) is 0 Å². The number of sulfonamides is 1. The Kier molecular flexibility index (Phi) is 8.09. The maximum absolute atomic E-state index is 13.2. The number of fused-ring (bicyclic) bond motifs is 1.